The number of benzene rings is 1. The molecule has 0 bridgehead atoms. The van der Waals surface area contributed by atoms with Crippen LogP contribution in [0.25, 0.3) is 11.3 Å². The van der Waals surface area contributed by atoms with Gasteiger partial charge in [0.2, 0.25) is 5.95 Å². The van der Waals surface area contributed by atoms with Crippen molar-refractivity contribution in [3.8, 4) is 11.3 Å². The third-order valence-corrected chi connectivity index (χ3v) is 7.03. The second kappa shape index (κ2) is 9.75. The van der Waals surface area contributed by atoms with Crippen molar-refractivity contribution < 1.29 is 9.13 Å². The van der Waals surface area contributed by atoms with E-state index in [4.69, 9.17) is 4.74 Å². The fourth-order valence-electron chi connectivity index (χ4n) is 4.86. The largest absolute Gasteiger partial charge is 0.370 e. The minimum absolute atomic E-state index is 0.149. The highest BCUT2D eigenvalue weighted by molar-refractivity contribution is 5.60. The van der Waals surface area contributed by atoms with E-state index < -0.39 is 5.82 Å². The molecule has 0 saturated carbocycles. The Morgan fingerprint density at radius 1 is 1.09 bits per heavy atom. The van der Waals surface area contributed by atoms with Crippen LogP contribution in [0.4, 0.5) is 16.0 Å². The Kier molecular flexibility index (Phi) is 6.53. The highest BCUT2D eigenvalue weighted by Gasteiger charge is 2.27. The van der Waals surface area contributed by atoms with Crippen LogP contribution in [0.2, 0.25) is 0 Å². The van der Waals surface area contributed by atoms with Crippen LogP contribution in [0.15, 0.2) is 53.6 Å². The number of nitrogens with zero attached hydrogens (tertiary/aromatic N) is 6. The van der Waals surface area contributed by atoms with Crippen molar-refractivity contribution in [3.63, 3.8) is 0 Å². The molecule has 5 rings (SSSR count). The summed E-state index contributed by atoms with van der Waals surface area (Å²) in [5.41, 5.74) is 2.63. The fourth-order valence-corrected chi connectivity index (χ4v) is 4.86. The summed E-state index contributed by atoms with van der Waals surface area (Å²) in [5.74, 6) is -0.00511. The normalized spacial score (nSPS) is 20.6. The number of likely N-dealkylation sites (N-methyl/N-ethyl adjacent to an activating group) is 1. The van der Waals surface area contributed by atoms with Gasteiger partial charge < -0.3 is 19.4 Å². The highest BCUT2D eigenvalue weighted by atomic mass is 19.1. The van der Waals surface area contributed by atoms with Crippen molar-refractivity contribution in [2.75, 3.05) is 56.7 Å². The van der Waals surface area contributed by atoms with Crippen LogP contribution >= 0.6 is 0 Å². The van der Waals surface area contributed by atoms with E-state index in [0.717, 1.165) is 24.8 Å². The predicted octanol–water partition coefficient (Wildman–Crippen LogP) is 2.70. The number of pyridine rings is 1. The molecule has 2 saturated heterocycles. The average Bonchev–Trinajstić information content (AvgIpc) is 3.37. The monoisotopic (exact) mass is 478 g/mol. The number of morpholine rings is 1. The lowest BCUT2D eigenvalue weighted by Crippen LogP contribution is -2.41. The Hall–Kier alpha value is -3.30. The predicted molar refractivity (Wildman–Crippen MR) is 134 cm³/mol. The standard InChI is InChI=1S/C26H31FN6O2/c1-30(2)20-9-11-32(16-20)19-6-4-18(5-7-19)24-17-33(12-13-35-24)26-29-23(14-25(34)31(26)3)21-8-10-28-15-22(21)27/h4-8,10,14-15,20,24H,9,11-13,16-17H2,1-3H3/t20-,24-/m1/s1. The molecule has 1 aromatic carbocycles. The van der Waals surface area contributed by atoms with E-state index in [9.17, 15) is 9.18 Å². The molecule has 2 aromatic heterocycles. The minimum Gasteiger partial charge on any atom is -0.370 e. The van der Waals surface area contributed by atoms with Crippen LogP contribution in [0, 0.1) is 5.82 Å². The van der Waals surface area contributed by atoms with Crippen LogP contribution in [-0.4, -0.2) is 72.4 Å². The molecule has 0 spiro atoms. The lowest BCUT2D eigenvalue weighted by molar-refractivity contribution is 0.0390. The van der Waals surface area contributed by atoms with Crippen molar-refractivity contribution >= 4 is 11.6 Å². The summed E-state index contributed by atoms with van der Waals surface area (Å²) in [7, 11) is 5.96. The average molecular weight is 479 g/mol. The summed E-state index contributed by atoms with van der Waals surface area (Å²) in [4.78, 5) is 27.9. The lowest BCUT2D eigenvalue weighted by atomic mass is 10.1. The molecule has 3 aromatic rings. The molecule has 9 heteroatoms. The molecule has 0 aliphatic carbocycles. The van der Waals surface area contributed by atoms with Crippen molar-refractivity contribution in [2.24, 2.45) is 7.05 Å². The first-order chi connectivity index (χ1) is 16.9. The van der Waals surface area contributed by atoms with Crippen LogP contribution in [-0.2, 0) is 11.8 Å². The Balaban J connectivity index is 1.35. The molecule has 4 heterocycles. The molecule has 0 amide bonds. The maximum atomic E-state index is 14.3. The number of ether oxygens (including phenoxy) is 1. The zero-order chi connectivity index (χ0) is 24.5. The third kappa shape index (κ3) is 4.78. The van der Waals surface area contributed by atoms with Crippen molar-refractivity contribution in [2.45, 2.75) is 18.6 Å². The summed E-state index contributed by atoms with van der Waals surface area (Å²) in [6, 6.07) is 12.1. The summed E-state index contributed by atoms with van der Waals surface area (Å²) >= 11 is 0. The first-order valence-electron chi connectivity index (χ1n) is 12.0. The Morgan fingerprint density at radius 2 is 1.89 bits per heavy atom. The van der Waals surface area contributed by atoms with Gasteiger partial charge in [0.15, 0.2) is 5.82 Å². The first kappa shape index (κ1) is 23.4. The molecule has 2 atom stereocenters. The van der Waals surface area contributed by atoms with E-state index in [0.29, 0.717) is 37.4 Å². The van der Waals surface area contributed by atoms with Gasteiger partial charge in [-0.3, -0.25) is 14.3 Å². The van der Waals surface area contributed by atoms with Crippen LogP contribution in [0.3, 0.4) is 0 Å². The number of aromatic nitrogens is 3. The lowest BCUT2D eigenvalue weighted by Gasteiger charge is -2.34. The SMILES string of the molecule is CN(C)[C@@H]1CCN(c2ccc([C@H]3CN(c4nc(-c5ccncc5F)cc(=O)n4C)CCO3)cc2)C1. The van der Waals surface area contributed by atoms with E-state index >= 15 is 0 Å². The second-order valence-electron chi connectivity index (χ2n) is 9.44. The van der Waals surface area contributed by atoms with Crippen molar-refractivity contribution in [1.82, 2.24) is 19.4 Å². The Bertz CT molecular complexity index is 1250. The van der Waals surface area contributed by atoms with Gasteiger partial charge in [0.1, 0.15) is 6.10 Å². The molecule has 2 aliphatic rings. The molecular weight excluding hydrogens is 447 g/mol. The van der Waals surface area contributed by atoms with Crippen molar-refractivity contribution in [3.05, 3.63) is 70.5 Å². The second-order valence-corrected chi connectivity index (χ2v) is 9.44. The number of halogens is 1. The van der Waals surface area contributed by atoms with Gasteiger partial charge in [-0.2, -0.15) is 0 Å². The van der Waals surface area contributed by atoms with Gasteiger partial charge in [0, 0.05) is 56.2 Å². The maximum Gasteiger partial charge on any atom is 0.255 e. The number of hydrogen-bond donors (Lipinski definition) is 0. The smallest absolute Gasteiger partial charge is 0.255 e. The zero-order valence-electron chi connectivity index (χ0n) is 20.4. The summed E-state index contributed by atoms with van der Waals surface area (Å²) in [6.45, 7) is 3.75. The fraction of sp³-hybridized carbons (Fsp3) is 0.423. The van der Waals surface area contributed by atoms with E-state index in [1.54, 1.807) is 7.05 Å². The third-order valence-electron chi connectivity index (χ3n) is 7.03. The summed E-state index contributed by atoms with van der Waals surface area (Å²) in [6.07, 6.45) is 3.65. The molecule has 2 fully saturated rings. The summed E-state index contributed by atoms with van der Waals surface area (Å²) in [5, 5.41) is 0. The maximum absolute atomic E-state index is 14.3. The minimum atomic E-state index is -0.506. The topological polar surface area (TPSA) is 66.7 Å². The molecule has 0 radical (unpaired) electrons. The highest BCUT2D eigenvalue weighted by Crippen LogP contribution is 2.29. The Labute approximate surface area is 204 Å². The van der Waals surface area contributed by atoms with Gasteiger partial charge in [-0.1, -0.05) is 12.1 Å². The van der Waals surface area contributed by atoms with Gasteiger partial charge in [-0.15, -0.1) is 0 Å². The Morgan fingerprint density at radius 3 is 2.60 bits per heavy atom. The van der Waals surface area contributed by atoms with E-state index in [-0.39, 0.29) is 17.2 Å². The molecule has 0 N–H and O–H groups in total. The molecule has 184 valence electrons. The van der Waals surface area contributed by atoms with E-state index in [2.05, 4.69) is 58.1 Å². The van der Waals surface area contributed by atoms with Gasteiger partial charge >= 0.3 is 0 Å². The van der Waals surface area contributed by atoms with Gasteiger partial charge in [-0.25, -0.2) is 9.37 Å². The zero-order valence-corrected chi connectivity index (χ0v) is 20.4. The molecule has 2 aliphatic heterocycles. The molecule has 0 unspecified atom stereocenters. The summed E-state index contributed by atoms with van der Waals surface area (Å²) < 4.78 is 21.9. The molecule has 35 heavy (non-hydrogen) atoms. The van der Waals surface area contributed by atoms with Crippen molar-refractivity contribution in [1.29, 1.82) is 0 Å². The van der Waals surface area contributed by atoms with Crippen LogP contribution < -0.4 is 15.4 Å². The van der Waals surface area contributed by atoms with Gasteiger partial charge in [-0.05, 0) is 44.3 Å². The van der Waals surface area contributed by atoms with Crippen LogP contribution in [0.5, 0.6) is 0 Å². The number of anilines is 2. The number of hydrogen-bond acceptors (Lipinski definition) is 7. The molecule has 8 nitrogen and oxygen atoms in total. The van der Waals surface area contributed by atoms with Gasteiger partial charge in [0.05, 0.1) is 25.0 Å². The van der Waals surface area contributed by atoms with E-state index in [1.807, 2.05) is 4.90 Å². The van der Waals surface area contributed by atoms with Gasteiger partial charge in [0.25, 0.3) is 5.56 Å². The van der Waals surface area contributed by atoms with E-state index in [1.165, 1.54) is 35.0 Å². The quantitative estimate of drug-likeness (QED) is 0.559. The molecular formula is C26H31FN6O2. The number of rotatable bonds is 5. The van der Waals surface area contributed by atoms with Crippen LogP contribution in [0.1, 0.15) is 18.1 Å². The first-order valence-corrected chi connectivity index (χ1v) is 12.0.